The van der Waals surface area contributed by atoms with E-state index in [9.17, 15) is 9.59 Å². The van der Waals surface area contributed by atoms with Crippen molar-refractivity contribution in [2.75, 3.05) is 13.7 Å². The number of hydrogen-bond donors (Lipinski definition) is 0. The standard InChI is InChI=1S/C6H10NO3/c1-3-5(8)7-4-6(9)10-2/h3-4H2,1-2H3. The molecule has 1 amide bonds. The number of amides is 1. The molecule has 0 heterocycles. The zero-order valence-corrected chi connectivity index (χ0v) is 6.09. The van der Waals surface area contributed by atoms with E-state index < -0.39 is 5.97 Å². The molecule has 0 aliphatic rings. The molecule has 0 aromatic rings. The second-order valence-corrected chi connectivity index (χ2v) is 1.64. The van der Waals surface area contributed by atoms with Gasteiger partial charge in [-0.25, -0.2) is 5.32 Å². The van der Waals surface area contributed by atoms with E-state index in [-0.39, 0.29) is 12.5 Å². The van der Waals surface area contributed by atoms with Crippen LogP contribution in [0.25, 0.3) is 0 Å². The van der Waals surface area contributed by atoms with E-state index in [1.807, 2.05) is 0 Å². The Morgan fingerprint density at radius 1 is 1.50 bits per heavy atom. The molecule has 0 rings (SSSR count). The molecular formula is C6H10NO3. The summed E-state index contributed by atoms with van der Waals surface area (Å²) in [5.41, 5.74) is 0. The Hall–Kier alpha value is -1.06. The van der Waals surface area contributed by atoms with Crippen LogP contribution in [-0.4, -0.2) is 25.5 Å². The van der Waals surface area contributed by atoms with Crippen molar-refractivity contribution in [2.45, 2.75) is 13.3 Å². The first-order valence-electron chi connectivity index (χ1n) is 2.97. The smallest absolute Gasteiger partial charge is 0.327 e. The maximum Gasteiger partial charge on any atom is 0.327 e. The predicted octanol–water partition coefficient (Wildman–Crippen LogP) is -0.300. The molecule has 0 N–H and O–H groups in total. The highest BCUT2D eigenvalue weighted by atomic mass is 16.5. The molecule has 0 saturated heterocycles. The fraction of sp³-hybridized carbons (Fsp3) is 0.667. The van der Waals surface area contributed by atoms with Crippen molar-refractivity contribution in [3.63, 3.8) is 0 Å². The molecular weight excluding hydrogens is 134 g/mol. The zero-order valence-electron chi connectivity index (χ0n) is 6.09. The van der Waals surface area contributed by atoms with E-state index in [0.29, 0.717) is 6.42 Å². The van der Waals surface area contributed by atoms with Crippen LogP contribution in [0, 0.1) is 0 Å². The van der Waals surface area contributed by atoms with Crippen molar-refractivity contribution in [3.8, 4) is 0 Å². The van der Waals surface area contributed by atoms with E-state index in [1.165, 1.54) is 7.11 Å². The molecule has 1 radical (unpaired) electrons. The number of hydrogen-bond acceptors (Lipinski definition) is 3. The van der Waals surface area contributed by atoms with Gasteiger partial charge in [0.15, 0.2) is 0 Å². The molecule has 0 aromatic heterocycles. The quantitative estimate of drug-likeness (QED) is 0.511. The minimum atomic E-state index is -0.484. The first-order chi connectivity index (χ1) is 4.70. The van der Waals surface area contributed by atoms with Crippen molar-refractivity contribution in [3.05, 3.63) is 0 Å². The molecule has 0 spiro atoms. The lowest BCUT2D eigenvalue weighted by molar-refractivity contribution is -0.141. The fourth-order valence-electron chi connectivity index (χ4n) is 0.329. The van der Waals surface area contributed by atoms with Crippen molar-refractivity contribution in [2.24, 2.45) is 0 Å². The Morgan fingerprint density at radius 3 is 2.50 bits per heavy atom. The Balaban J connectivity index is 3.35. The molecule has 0 bridgehead atoms. The summed E-state index contributed by atoms with van der Waals surface area (Å²) in [6, 6.07) is 0. The van der Waals surface area contributed by atoms with Gasteiger partial charge in [-0.1, -0.05) is 6.92 Å². The Morgan fingerprint density at radius 2 is 2.10 bits per heavy atom. The van der Waals surface area contributed by atoms with Crippen molar-refractivity contribution < 1.29 is 14.3 Å². The Bertz CT molecular complexity index is 117. The van der Waals surface area contributed by atoms with Gasteiger partial charge in [-0.15, -0.1) is 0 Å². The maximum atomic E-state index is 10.5. The lowest BCUT2D eigenvalue weighted by Crippen LogP contribution is -2.22. The lowest BCUT2D eigenvalue weighted by atomic mass is 10.4. The minimum Gasteiger partial charge on any atom is -0.468 e. The highest BCUT2D eigenvalue weighted by Gasteiger charge is 2.03. The number of rotatable bonds is 3. The van der Waals surface area contributed by atoms with E-state index in [4.69, 9.17) is 0 Å². The van der Waals surface area contributed by atoms with E-state index in [2.05, 4.69) is 10.1 Å². The molecule has 0 unspecified atom stereocenters. The van der Waals surface area contributed by atoms with Crippen LogP contribution in [0.15, 0.2) is 0 Å². The first kappa shape index (κ1) is 8.94. The summed E-state index contributed by atoms with van der Waals surface area (Å²) in [7, 11) is 1.26. The van der Waals surface area contributed by atoms with E-state index in [0.717, 1.165) is 0 Å². The Kier molecular flexibility index (Phi) is 4.28. The second-order valence-electron chi connectivity index (χ2n) is 1.64. The molecule has 57 valence electrons. The highest BCUT2D eigenvalue weighted by Crippen LogP contribution is 1.77. The molecule has 4 nitrogen and oxygen atoms in total. The summed E-state index contributed by atoms with van der Waals surface area (Å²) >= 11 is 0. The zero-order chi connectivity index (χ0) is 7.98. The number of nitrogens with zero attached hydrogens (tertiary/aromatic N) is 1. The third-order valence-corrected chi connectivity index (χ3v) is 0.915. The maximum absolute atomic E-state index is 10.5. The van der Waals surface area contributed by atoms with Gasteiger partial charge in [0.2, 0.25) is 5.91 Å². The van der Waals surface area contributed by atoms with Crippen LogP contribution < -0.4 is 5.32 Å². The fourth-order valence-corrected chi connectivity index (χ4v) is 0.329. The molecule has 0 saturated carbocycles. The minimum absolute atomic E-state index is 0.164. The largest absolute Gasteiger partial charge is 0.468 e. The van der Waals surface area contributed by atoms with Gasteiger partial charge >= 0.3 is 5.97 Å². The molecule has 0 fully saturated rings. The molecule has 10 heavy (non-hydrogen) atoms. The predicted molar refractivity (Wildman–Crippen MR) is 34.3 cm³/mol. The third kappa shape index (κ3) is 3.88. The van der Waals surface area contributed by atoms with Crippen LogP contribution in [0.3, 0.4) is 0 Å². The average Bonchev–Trinajstić information content (AvgIpc) is 1.99. The van der Waals surface area contributed by atoms with Crippen molar-refractivity contribution in [1.29, 1.82) is 0 Å². The average molecular weight is 144 g/mol. The van der Waals surface area contributed by atoms with Gasteiger partial charge in [0.1, 0.15) is 6.54 Å². The first-order valence-corrected chi connectivity index (χ1v) is 2.97. The van der Waals surface area contributed by atoms with Gasteiger partial charge in [0.05, 0.1) is 7.11 Å². The van der Waals surface area contributed by atoms with Crippen molar-refractivity contribution in [1.82, 2.24) is 5.32 Å². The van der Waals surface area contributed by atoms with Crippen LogP contribution in [0.4, 0.5) is 0 Å². The summed E-state index contributed by atoms with van der Waals surface area (Å²) in [5, 5.41) is 3.40. The number of carbonyl (C=O) groups excluding carboxylic acids is 2. The number of esters is 1. The van der Waals surface area contributed by atoms with Gasteiger partial charge in [0, 0.05) is 6.42 Å². The van der Waals surface area contributed by atoms with Gasteiger partial charge in [0.25, 0.3) is 0 Å². The Labute approximate surface area is 59.6 Å². The van der Waals surface area contributed by atoms with Gasteiger partial charge in [-0.3, -0.25) is 9.59 Å². The molecule has 0 aliphatic carbocycles. The van der Waals surface area contributed by atoms with Crippen LogP contribution in [0.5, 0.6) is 0 Å². The van der Waals surface area contributed by atoms with E-state index in [1.54, 1.807) is 6.92 Å². The van der Waals surface area contributed by atoms with E-state index >= 15 is 0 Å². The summed E-state index contributed by atoms with van der Waals surface area (Å²) in [6.07, 6.45) is 0.330. The molecule has 0 atom stereocenters. The second kappa shape index (κ2) is 4.78. The summed E-state index contributed by atoms with van der Waals surface area (Å²) in [4.78, 5) is 20.8. The molecule has 0 aliphatic heterocycles. The summed E-state index contributed by atoms with van der Waals surface area (Å²) < 4.78 is 4.26. The normalized spacial score (nSPS) is 8.60. The molecule has 0 aromatic carbocycles. The van der Waals surface area contributed by atoms with Crippen LogP contribution in [-0.2, 0) is 14.3 Å². The number of ether oxygens (including phenoxy) is 1. The summed E-state index contributed by atoms with van der Waals surface area (Å²) in [6.45, 7) is 1.52. The topological polar surface area (TPSA) is 57.5 Å². The number of methoxy groups -OCH3 is 1. The monoisotopic (exact) mass is 144 g/mol. The number of carbonyl (C=O) groups is 2. The van der Waals surface area contributed by atoms with Gasteiger partial charge in [-0.05, 0) is 0 Å². The van der Waals surface area contributed by atoms with Gasteiger partial charge < -0.3 is 4.74 Å². The van der Waals surface area contributed by atoms with Crippen LogP contribution in [0.1, 0.15) is 13.3 Å². The third-order valence-electron chi connectivity index (χ3n) is 0.915. The van der Waals surface area contributed by atoms with Gasteiger partial charge in [-0.2, -0.15) is 0 Å². The van der Waals surface area contributed by atoms with Crippen molar-refractivity contribution >= 4 is 11.9 Å². The summed E-state index contributed by atoms with van der Waals surface area (Å²) in [5.74, 6) is -0.757. The van der Waals surface area contributed by atoms with Crippen LogP contribution >= 0.6 is 0 Å². The lowest BCUT2D eigenvalue weighted by Gasteiger charge is -1.96. The molecule has 4 heteroatoms. The SMILES string of the molecule is CCC(=O)[N]CC(=O)OC. The highest BCUT2D eigenvalue weighted by molar-refractivity contribution is 5.81. The van der Waals surface area contributed by atoms with Crippen LogP contribution in [0.2, 0.25) is 0 Å².